The molecule has 7 nitrogen and oxygen atoms in total. The summed E-state index contributed by atoms with van der Waals surface area (Å²) in [4.78, 5) is 4.36. The lowest BCUT2D eigenvalue weighted by molar-refractivity contribution is 0.331. The largest absolute Gasteiger partial charge is 0.497 e. The fraction of sp³-hybridized carbons (Fsp3) is 0.167. The molecule has 0 aliphatic carbocycles. The van der Waals surface area contributed by atoms with Crippen molar-refractivity contribution in [2.45, 2.75) is 0 Å². The Hall–Kier alpha value is -3.06. The van der Waals surface area contributed by atoms with Crippen LogP contribution in [0, 0.1) is 0 Å². The Bertz CT molecular complexity index is 828. The second-order valence-electron chi connectivity index (χ2n) is 5.25. The number of halogens is 1. The number of ether oxygens (including phenoxy) is 2. The molecule has 2 aromatic carbocycles. The van der Waals surface area contributed by atoms with E-state index in [2.05, 4.69) is 25.8 Å². The van der Waals surface area contributed by atoms with E-state index in [9.17, 15) is 0 Å². The van der Waals surface area contributed by atoms with Gasteiger partial charge in [0.2, 0.25) is 5.95 Å². The van der Waals surface area contributed by atoms with Crippen molar-refractivity contribution in [2.24, 2.45) is 0 Å². The summed E-state index contributed by atoms with van der Waals surface area (Å²) in [5, 5.41) is 14.8. The first-order valence-electron chi connectivity index (χ1n) is 7.96. The van der Waals surface area contributed by atoms with E-state index in [4.69, 9.17) is 21.1 Å². The van der Waals surface area contributed by atoms with Crippen molar-refractivity contribution in [3.05, 3.63) is 59.8 Å². The van der Waals surface area contributed by atoms with Crippen molar-refractivity contribution in [2.75, 3.05) is 30.9 Å². The molecule has 0 spiro atoms. The molecule has 3 aromatic rings. The number of rotatable bonds is 8. The van der Waals surface area contributed by atoms with Gasteiger partial charge in [-0.2, -0.15) is 10.1 Å². The predicted molar refractivity (Wildman–Crippen MR) is 102 cm³/mol. The minimum absolute atomic E-state index is 0.397. The van der Waals surface area contributed by atoms with Crippen LogP contribution in [0.4, 0.5) is 17.5 Å². The highest BCUT2D eigenvalue weighted by Gasteiger charge is 2.02. The molecule has 0 aliphatic heterocycles. The minimum Gasteiger partial charge on any atom is -0.497 e. The molecule has 3 rings (SSSR count). The van der Waals surface area contributed by atoms with Crippen LogP contribution < -0.4 is 20.1 Å². The summed E-state index contributed by atoms with van der Waals surface area (Å²) in [6, 6.07) is 14.7. The third-order valence-electron chi connectivity index (χ3n) is 3.40. The zero-order chi connectivity index (χ0) is 18.2. The minimum atomic E-state index is 0.397. The molecule has 0 saturated heterocycles. The maximum Gasteiger partial charge on any atom is 0.249 e. The van der Waals surface area contributed by atoms with E-state index in [1.54, 1.807) is 25.4 Å². The molecule has 0 atom stereocenters. The molecule has 0 fully saturated rings. The van der Waals surface area contributed by atoms with E-state index >= 15 is 0 Å². The molecule has 0 amide bonds. The number of nitrogens with one attached hydrogen (secondary N) is 2. The summed E-state index contributed by atoms with van der Waals surface area (Å²) in [5.74, 6) is 2.57. The molecule has 1 heterocycles. The van der Waals surface area contributed by atoms with Crippen LogP contribution in [0.1, 0.15) is 0 Å². The Morgan fingerprint density at radius 3 is 2.46 bits per heavy atom. The van der Waals surface area contributed by atoms with Crippen molar-refractivity contribution in [1.29, 1.82) is 0 Å². The Morgan fingerprint density at radius 2 is 1.73 bits per heavy atom. The topological polar surface area (TPSA) is 81.2 Å². The van der Waals surface area contributed by atoms with Crippen LogP contribution in [0.15, 0.2) is 54.7 Å². The average Bonchev–Trinajstić information content (AvgIpc) is 2.68. The highest BCUT2D eigenvalue weighted by molar-refractivity contribution is 6.30. The summed E-state index contributed by atoms with van der Waals surface area (Å²) < 4.78 is 10.8. The Labute approximate surface area is 156 Å². The molecule has 134 valence electrons. The summed E-state index contributed by atoms with van der Waals surface area (Å²) in [6.07, 6.45) is 1.56. The quantitative estimate of drug-likeness (QED) is 0.583. The highest BCUT2D eigenvalue weighted by atomic mass is 35.5. The van der Waals surface area contributed by atoms with Crippen molar-refractivity contribution in [3.8, 4) is 11.5 Å². The summed E-state index contributed by atoms with van der Waals surface area (Å²) in [5.41, 5.74) is 0.830. The van der Waals surface area contributed by atoms with Gasteiger partial charge in [-0.25, -0.2) is 0 Å². The maximum atomic E-state index is 5.87. The lowest BCUT2D eigenvalue weighted by atomic mass is 10.3. The smallest absolute Gasteiger partial charge is 0.249 e. The summed E-state index contributed by atoms with van der Waals surface area (Å²) in [6.45, 7) is 1.06. The van der Waals surface area contributed by atoms with E-state index in [0.29, 0.717) is 29.9 Å². The summed E-state index contributed by atoms with van der Waals surface area (Å²) in [7, 11) is 1.63. The van der Waals surface area contributed by atoms with Crippen LogP contribution in [0.3, 0.4) is 0 Å². The van der Waals surface area contributed by atoms with E-state index in [1.807, 2.05) is 36.4 Å². The molecule has 0 aliphatic rings. The molecule has 1 aromatic heterocycles. The van der Waals surface area contributed by atoms with Crippen LogP contribution in [0.2, 0.25) is 5.02 Å². The molecule has 0 saturated carbocycles. The van der Waals surface area contributed by atoms with Crippen LogP contribution in [-0.4, -0.2) is 35.4 Å². The van der Waals surface area contributed by atoms with Gasteiger partial charge in [-0.1, -0.05) is 11.6 Å². The van der Waals surface area contributed by atoms with Crippen molar-refractivity contribution < 1.29 is 9.47 Å². The van der Waals surface area contributed by atoms with Gasteiger partial charge in [0, 0.05) is 10.7 Å². The number of anilines is 3. The fourth-order valence-corrected chi connectivity index (χ4v) is 2.25. The molecule has 0 unspecified atom stereocenters. The van der Waals surface area contributed by atoms with Crippen LogP contribution in [0.25, 0.3) is 0 Å². The normalized spacial score (nSPS) is 10.2. The summed E-state index contributed by atoms with van der Waals surface area (Å²) >= 11 is 5.87. The Balaban J connectivity index is 1.48. The molecule has 0 bridgehead atoms. The lowest BCUT2D eigenvalue weighted by Gasteiger charge is -2.09. The third kappa shape index (κ3) is 5.22. The number of aromatic nitrogens is 3. The van der Waals surface area contributed by atoms with Crippen LogP contribution in [0.5, 0.6) is 11.5 Å². The Kier molecular flexibility index (Phi) is 6.05. The highest BCUT2D eigenvalue weighted by Crippen LogP contribution is 2.18. The molecule has 2 N–H and O–H groups in total. The van der Waals surface area contributed by atoms with Gasteiger partial charge in [-0.05, 0) is 48.5 Å². The second kappa shape index (κ2) is 8.87. The fourth-order valence-electron chi connectivity index (χ4n) is 2.12. The van der Waals surface area contributed by atoms with Gasteiger partial charge in [-0.15, -0.1) is 5.10 Å². The number of hydrogen-bond donors (Lipinski definition) is 2. The van der Waals surface area contributed by atoms with E-state index in [-0.39, 0.29) is 0 Å². The number of hydrogen-bond acceptors (Lipinski definition) is 7. The lowest BCUT2D eigenvalue weighted by Crippen LogP contribution is -2.13. The standard InChI is InChI=1S/C18H18ClN5O2/c1-25-15-6-8-16(9-7-15)26-11-10-20-17-12-21-24-18(23-17)22-14-4-2-13(19)3-5-14/h2-9,12H,10-11H2,1H3,(H2,20,22,23,24). The van der Waals surface area contributed by atoms with Gasteiger partial charge in [0.1, 0.15) is 18.1 Å². The monoisotopic (exact) mass is 371 g/mol. The second-order valence-corrected chi connectivity index (χ2v) is 5.68. The SMILES string of the molecule is COc1ccc(OCCNc2cnnc(Nc3ccc(Cl)cc3)n2)cc1. The molecule has 0 radical (unpaired) electrons. The molecule has 26 heavy (non-hydrogen) atoms. The first-order valence-corrected chi connectivity index (χ1v) is 8.34. The van der Waals surface area contributed by atoms with E-state index in [0.717, 1.165) is 17.2 Å². The van der Waals surface area contributed by atoms with Gasteiger partial charge < -0.3 is 20.1 Å². The maximum absolute atomic E-state index is 5.87. The molecular weight excluding hydrogens is 354 g/mol. The van der Waals surface area contributed by atoms with Crippen molar-refractivity contribution in [1.82, 2.24) is 15.2 Å². The van der Waals surface area contributed by atoms with Crippen LogP contribution >= 0.6 is 11.6 Å². The van der Waals surface area contributed by atoms with E-state index < -0.39 is 0 Å². The van der Waals surface area contributed by atoms with Crippen molar-refractivity contribution >= 4 is 29.1 Å². The van der Waals surface area contributed by atoms with Crippen molar-refractivity contribution in [3.63, 3.8) is 0 Å². The van der Waals surface area contributed by atoms with Gasteiger partial charge in [0.25, 0.3) is 0 Å². The Morgan fingerprint density at radius 1 is 1.00 bits per heavy atom. The zero-order valence-electron chi connectivity index (χ0n) is 14.1. The van der Waals surface area contributed by atoms with E-state index in [1.165, 1.54) is 0 Å². The first-order chi connectivity index (χ1) is 12.7. The van der Waals surface area contributed by atoms with Gasteiger partial charge in [0.05, 0.1) is 19.9 Å². The first kappa shape index (κ1) is 17.8. The predicted octanol–water partition coefficient (Wildman–Crippen LogP) is 3.77. The zero-order valence-corrected chi connectivity index (χ0v) is 14.9. The molecular formula is C18H18ClN5O2. The molecule has 8 heteroatoms. The number of benzene rings is 2. The van der Waals surface area contributed by atoms with Gasteiger partial charge in [0.15, 0.2) is 5.82 Å². The third-order valence-corrected chi connectivity index (χ3v) is 3.65. The van der Waals surface area contributed by atoms with Gasteiger partial charge >= 0.3 is 0 Å². The number of methoxy groups -OCH3 is 1. The van der Waals surface area contributed by atoms with Crippen LogP contribution in [-0.2, 0) is 0 Å². The van der Waals surface area contributed by atoms with Gasteiger partial charge in [-0.3, -0.25) is 0 Å². The average molecular weight is 372 g/mol. The number of nitrogens with zero attached hydrogens (tertiary/aromatic N) is 3.